The summed E-state index contributed by atoms with van der Waals surface area (Å²) in [4.78, 5) is 23.9. The van der Waals surface area contributed by atoms with Crippen molar-refractivity contribution in [2.75, 3.05) is 13.2 Å². The van der Waals surface area contributed by atoms with Crippen LogP contribution in [0.1, 0.15) is 79.1 Å². The van der Waals surface area contributed by atoms with Gasteiger partial charge in [-0.1, -0.05) is 66.2 Å². The summed E-state index contributed by atoms with van der Waals surface area (Å²) >= 11 is 0. The Balaban J connectivity index is 4.13. The first-order valence-electron chi connectivity index (χ1n) is 9.16. The third kappa shape index (κ3) is 11.0. The number of amides is 1. The molecule has 0 saturated heterocycles. The van der Waals surface area contributed by atoms with Crippen molar-refractivity contribution < 1.29 is 19.1 Å². The van der Waals surface area contributed by atoms with E-state index in [0.29, 0.717) is 13.2 Å². The molecular weight excluding hydrogens is 294 g/mol. The number of alkyl carbamates (subject to hydrolysis) is 1. The van der Waals surface area contributed by atoms with E-state index in [1.54, 1.807) is 0 Å². The Kier molecular flexibility index (Phi) is 13.6. The highest BCUT2D eigenvalue weighted by Gasteiger charge is 2.27. The molecule has 5 heteroatoms. The van der Waals surface area contributed by atoms with Gasteiger partial charge < -0.3 is 14.8 Å². The van der Waals surface area contributed by atoms with Gasteiger partial charge in [0.2, 0.25) is 0 Å². The maximum atomic E-state index is 12.2. The van der Waals surface area contributed by atoms with E-state index in [0.717, 1.165) is 25.7 Å². The molecule has 0 rings (SSSR count). The molecule has 0 aromatic heterocycles. The smallest absolute Gasteiger partial charge is 0.407 e. The Morgan fingerprint density at radius 3 is 2.13 bits per heavy atom. The second-order valence-electron chi connectivity index (χ2n) is 6.08. The fraction of sp³-hybridized carbons (Fsp3) is 0.889. The molecule has 0 aromatic rings. The topological polar surface area (TPSA) is 64.6 Å². The number of ether oxygens (including phenoxy) is 2. The van der Waals surface area contributed by atoms with Crippen LogP contribution in [0.4, 0.5) is 4.79 Å². The molecule has 0 bridgehead atoms. The van der Waals surface area contributed by atoms with Crippen LogP contribution < -0.4 is 5.32 Å². The Bertz CT molecular complexity index is 320. The number of nitrogens with one attached hydrogen (secondary N) is 1. The van der Waals surface area contributed by atoms with E-state index in [1.165, 1.54) is 25.7 Å². The summed E-state index contributed by atoms with van der Waals surface area (Å²) in [6.07, 6.45) is 7.86. The van der Waals surface area contributed by atoms with Crippen molar-refractivity contribution >= 4 is 12.1 Å². The average molecular weight is 329 g/mol. The van der Waals surface area contributed by atoms with Gasteiger partial charge in [-0.2, -0.15) is 0 Å². The summed E-state index contributed by atoms with van der Waals surface area (Å²) in [5.74, 6) is -0.345. The molecular formula is C18H35NO4. The van der Waals surface area contributed by atoms with Crippen LogP contribution in [0, 0.1) is 5.92 Å². The van der Waals surface area contributed by atoms with Crippen LogP contribution in [-0.4, -0.2) is 31.3 Å². The first-order valence-corrected chi connectivity index (χ1v) is 9.16. The average Bonchev–Trinajstić information content (AvgIpc) is 2.56. The molecule has 0 saturated carbocycles. The highest BCUT2D eigenvalue weighted by Crippen LogP contribution is 2.11. The van der Waals surface area contributed by atoms with Crippen molar-refractivity contribution in [1.82, 2.24) is 5.32 Å². The maximum Gasteiger partial charge on any atom is 0.407 e. The van der Waals surface area contributed by atoms with Gasteiger partial charge in [-0.05, 0) is 18.8 Å². The van der Waals surface area contributed by atoms with Crippen LogP contribution in [-0.2, 0) is 14.3 Å². The van der Waals surface area contributed by atoms with Crippen molar-refractivity contribution in [1.29, 1.82) is 0 Å². The number of unbranched alkanes of at least 4 members (excludes halogenated alkanes) is 5. The Morgan fingerprint density at radius 1 is 0.870 bits per heavy atom. The van der Waals surface area contributed by atoms with Gasteiger partial charge in [0.15, 0.2) is 0 Å². The molecule has 0 radical (unpaired) electrons. The molecule has 23 heavy (non-hydrogen) atoms. The molecule has 1 amide bonds. The van der Waals surface area contributed by atoms with Gasteiger partial charge in [0.1, 0.15) is 6.04 Å². The number of carbonyl (C=O) groups excluding carboxylic acids is 2. The van der Waals surface area contributed by atoms with Crippen molar-refractivity contribution in [3.05, 3.63) is 0 Å². The SMILES string of the molecule is CCCCCCCCOC(=O)[C@@H](NC(=O)OCCC)C(C)CC. The number of esters is 1. The molecule has 0 heterocycles. The third-order valence-electron chi connectivity index (χ3n) is 3.92. The van der Waals surface area contributed by atoms with Gasteiger partial charge in [0.25, 0.3) is 0 Å². The lowest BCUT2D eigenvalue weighted by Crippen LogP contribution is -2.46. The number of hydrogen-bond donors (Lipinski definition) is 1. The van der Waals surface area contributed by atoms with Crippen LogP contribution in [0.3, 0.4) is 0 Å². The molecule has 136 valence electrons. The Morgan fingerprint density at radius 2 is 1.52 bits per heavy atom. The quantitative estimate of drug-likeness (QED) is 0.401. The number of hydrogen-bond acceptors (Lipinski definition) is 4. The lowest BCUT2D eigenvalue weighted by atomic mass is 9.99. The molecule has 0 aliphatic rings. The third-order valence-corrected chi connectivity index (χ3v) is 3.92. The summed E-state index contributed by atoms with van der Waals surface area (Å²) in [7, 11) is 0. The van der Waals surface area contributed by atoms with E-state index in [1.807, 2.05) is 20.8 Å². The summed E-state index contributed by atoms with van der Waals surface area (Å²) < 4.78 is 10.3. The fourth-order valence-electron chi connectivity index (χ4n) is 2.18. The molecule has 0 aliphatic heterocycles. The highest BCUT2D eigenvalue weighted by molar-refractivity contribution is 5.81. The van der Waals surface area contributed by atoms with Gasteiger partial charge in [-0.3, -0.25) is 0 Å². The molecule has 2 atom stereocenters. The van der Waals surface area contributed by atoms with Crippen LogP contribution in [0.25, 0.3) is 0 Å². The molecule has 1 unspecified atom stereocenters. The molecule has 0 spiro atoms. The zero-order chi connectivity index (χ0) is 17.5. The second-order valence-corrected chi connectivity index (χ2v) is 6.08. The van der Waals surface area contributed by atoms with E-state index in [4.69, 9.17) is 9.47 Å². The lowest BCUT2D eigenvalue weighted by molar-refractivity contribution is -0.147. The van der Waals surface area contributed by atoms with E-state index < -0.39 is 12.1 Å². The number of rotatable bonds is 13. The van der Waals surface area contributed by atoms with Crippen molar-refractivity contribution in [2.24, 2.45) is 5.92 Å². The largest absolute Gasteiger partial charge is 0.464 e. The minimum absolute atomic E-state index is 0.0150. The molecule has 5 nitrogen and oxygen atoms in total. The molecule has 0 aliphatic carbocycles. The fourth-order valence-corrected chi connectivity index (χ4v) is 2.18. The van der Waals surface area contributed by atoms with E-state index in [-0.39, 0.29) is 11.9 Å². The van der Waals surface area contributed by atoms with E-state index >= 15 is 0 Å². The van der Waals surface area contributed by atoms with Gasteiger partial charge >= 0.3 is 12.1 Å². The zero-order valence-electron chi connectivity index (χ0n) is 15.4. The summed E-state index contributed by atoms with van der Waals surface area (Å²) in [6, 6.07) is -0.635. The van der Waals surface area contributed by atoms with Crippen LogP contribution in [0.5, 0.6) is 0 Å². The van der Waals surface area contributed by atoms with Crippen molar-refractivity contribution in [3.8, 4) is 0 Å². The molecule has 1 N–H and O–H groups in total. The van der Waals surface area contributed by atoms with Crippen LogP contribution >= 0.6 is 0 Å². The minimum atomic E-state index is -0.635. The van der Waals surface area contributed by atoms with E-state index in [9.17, 15) is 9.59 Å². The van der Waals surface area contributed by atoms with Gasteiger partial charge in [0, 0.05) is 0 Å². The second kappa shape index (κ2) is 14.3. The predicted molar refractivity (Wildman–Crippen MR) is 92.4 cm³/mol. The van der Waals surface area contributed by atoms with Crippen LogP contribution in [0.2, 0.25) is 0 Å². The summed E-state index contributed by atoms with van der Waals surface area (Å²) in [5, 5.41) is 2.64. The lowest BCUT2D eigenvalue weighted by Gasteiger charge is -2.22. The van der Waals surface area contributed by atoms with E-state index in [2.05, 4.69) is 12.2 Å². The standard InChI is InChI=1S/C18H35NO4/c1-5-8-9-10-11-12-14-22-17(20)16(15(4)7-3)19-18(21)23-13-6-2/h15-16H,5-14H2,1-4H3,(H,19,21)/t15?,16-/m0/s1. The molecule has 0 aromatic carbocycles. The Hall–Kier alpha value is -1.26. The monoisotopic (exact) mass is 329 g/mol. The van der Waals surface area contributed by atoms with Gasteiger partial charge in [0.05, 0.1) is 13.2 Å². The normalized spacial score (nSPS) is 13.2. The first kappa shape index (κ1) is 21.7. The first-order chi connectivity index (χ1) is 11.1. The molecule has 0 fully saturated rings. The van der Waals surface area contributed by atoms with Gasteiger partial charge in [-0.15, -0.1) is 0 Å². The predicted octanol–water partition coefficient (Wildman–Crippen LogP) is 4.44. The van der Waals surface area contributed by atoms with Crippen molar-refractivity contribution in [2.45, 2.75) is 85.1 Å². The summed E-state index contributed by atoms with van der Waals surface area (Å²) in [5.41, 5.74) is 0. The zero-order valence-corrected chi connectivity index (χ0v) is 15.4. The minimum Gasteiger partial charge on any atom is -0.464 e. The Labute approximate surface area is 141 Å². The number of carbonyl (C=O) groups is 2. The van der Waals surface area contributed by atoms with Gasteiger partial charge in [-0.25, -0.2) is 9.59 Å². The van der Waals surface area contributed by atoms with Crippen LogP contribution in [0.15, 0.2) is 0 Å². The van der Waals surface area contributed by atoms with Crippen molar-refractivity contribution in [3.63, 3.8) is 0 Å². The summed E-state index contributed by atoms with van der Waals surface area (Å²) in [6.45, 7) is 8.80. The highest BCUT2D eigenvalue weighted by atomic mass is 16.6. The maximum absolute atomic E-state index is 12.2.